The second-order valence-corrected chi connectivity index (χ2v) is 7.92. The number of nitrogens with zero attached hydrogens (tertiary/aromatic N) is 1. The van der Waals surface area contributed by atoms with E-state index in [0.29, 0.717) is 33.9 Å². The van der Waals surface area contributed by atoms with Gasteiger partial charge in [0.25, 0.3) is 11.7 Å². The minimum absolute atomic E-state index is 0.0621. The van der Waals surface area contributed by atoms with Gasteiger partial charge in [-0.05, 0) is 48.9 Å². The highest BCUT2D eigenvalue weighted by Crippen LogP contribution is 2.44. The number of hydrogen-bond donors (Lipinski definition) is 1. The van der Waals surface area contributed by atoms with Gasteiger partial charge in [-0.3, -0.25) is 14.5 Å². The monoisotopic (exact) mass is 487 g/mol. The molecule has 4 rings (SSSR count). The third-order valence-electron chi connectivity index (χ3n) is 5.87. The van der Waals surface area contributed by atoms with Crippen LogP contribution >= 0.6 is 0 Å². The summed E-state index contributed by atoms with van der Waals surface area (Å²) < 4.78 is 15.8. The zero-order valence-corrected chi connectivity index (χ0v) is 20.1. The van der Waals surface area contributed by atoms with Gasteiger partial charge in [-0.15, -0.1) is 0 Å². The molecular weight excluding hydrogens is 462 g/mol. The molecule has 36 heavy (non-hydrogen) atoms. The Balaban J connectivity index is 1.89. The maximum absolute atomic E-state index is 13.3. The SMILES string of the molecule is CCOC(=O)c1ccc(N2C(=O)C(=O)C(=C(O)c3ccccc3)[C@H]2c2ccc(OC)c(OC)c2)cc1. The van der Waals surface area contributed by atoms with E-state index in [1.54, 1.807) is 67.6 Å². The van der Waals surface area contributed by atoms with E-state index in [2.05, 4.69) is 0 Å². The second kappa shape index (κ2) is 10.4. The first-order chi connectivity index (χ1) is 17.4. The summed E-state index contributed by atoms with van der Waals surface area (Å²) in [7, 11) is 2.99. The molecule has 0 aliphatic carbocycles. The van der Waals surface area contributed by atoms with Crippen molar-refractivity contribution < 1.29 is 33.7 Å². The fourth-order valence-corrected chi connectivity index (χ4v) is 4.16. The van der Waals surface area contributed by atoms with Crippen LogP contribution in [0, 0.1) is 0 Å². The van der Waals surface area contributed by atoms with Crippen molar-refractivity contribution in [2.75, 3.05) is 25.7 Å². The molecule has 3 aromatic carbocycles. The standard InChI is InChI=1S/C28H25NO7/c1-4-36-28(33)18-10-13-20(14-11-18)29-24(19-12-15-21(34-2)22(16-19)35-3)23(26(31)27(29)32)25(30)17-8-6-5-7-9-17/h5-16,24,30H,4H2,1-3H3/t24-/m1/s1. The number of benzene rings is 3. The van der Waals surface area contributed by atoms with Gasteiger partial charge in [0.2, 0.25) is 0 Å². The van der Waals surface area contributed by atoms with E-state index in [1.165, 1.54) is 31.3 Å². The highest BCUT2D eigenvalue weighted by molar-refractivity contribution is 6.51. The van der Waals surface area contributed by atoms with Crippen molar-refractivity contribution in [3.8, 4) is 11.5 Å². The molecule has 1 fully saturated rings. The van der Waals surface area contributed by atoms with E-state index in [-0.39, 0.29) is 17.9 Å². The van der Waals surface area contributed by atoms with Gasteiger partial charge in [-0.25, -0.2) is 4.79 Å². The highest BCUT2D eigenvalue weighted by atomic mass is 16.5. The summed E-state index contributed by atoms with van der Waals surface area (Å²) in [5.74, 6) is -1.55. The number of aliphatic hydroxyl groups excluding tert-OH is 1. The average molecular weight is 488 g/mol. The lowest BCUT2D eigenvalue weighted by Crippen LogP contribution is -2.29. The Bertz CT molecular complexity index is 1330. The van der Waals surface area contributed by atoms with Crippen molar-refractivity contribution in [3.05, 3.63) is 95.1 Å². The number of ketones is 1. The van der Waals surface area contributed by atoms with Crippen LogP contribution in [0.3, 0.4) is 0 Å². The lowest BCUT2D eigenvalue weighted by atomic mass is 9.94. The molecule has 184 valence electrons. The zero-order valence-electron chi connectivity index (χ0n) is 20.1. The Morgan fingerprint density at radius 3 is 2.17 bits per heavy atom. The first-order valence-electron chi connectivity index (χ1n) is 11.3. The van der Waals surface area contributed by atoms with Gasteiger partial charge in [0.1, 0.15) is 5.76 Å². The molecule has 3 aromatic rings. The first kappa shape index (κ1) is 24.5. The predicted molar refractivity (Wildman–Crippen MR) is 133 cm³/mol. The maximum atomic E-state index is 13.3. The van der Waals surface area contributed by atoms with Crippen LogP contribution in [0.2, 0.25) is 0 Å². The van der Waals surface area contributed by atoms with E-state index in [4.69, 9.17) is 14.2 Å². The van der Waals surface area contributed by atoms with Crippen molar-refractivity contribution in [3.63, 3.8) is 0 Å². The molecule has 0 spiro atoms. The van der Waals surface area contributed by atoms with Gasteiger partial charge in [0.05, 0.1) is 38.0 Å². The number of carbonyl (C=O) groups is 3. The summed E-state index contributed by atoms with van der Waals surface area (Å²) in [4.78, 5) is 40.0. The number of methoxy groups -OCH3 is 2. The summed E-state index contributed by atoms with van der Waals surface area (Å²) >= 11 is 0. The molecule has 8 heteroatoms. The maximum Gasteiger partial charge on any atom is 0.338 e. The normalized spacial score (nSPS) is 16.6. The quantitative estimate of drug-likeness (QED) is 0.226. The predicted octanol–water partition coefficient (Wildman–Crippen LogP) is 4.51. The first-order valence-corrected chi connectivity index (χ1v) is 11.3. The lowest BCUT2D eigenvalue weighted by molar-refractivity contribution is -0.132. The van der Waals surface area contributed by atoms with Crippen LogP contribution in [-0.2, 0) is 14.3 Å². The molecule has 0 unspecified atom stereocenters. The van der Waals surface area contributed by atoms with Crippen molar-refractivity contribution in [2.24, 2.45) is 0 Å². The summed E-state index contributed by atoms with van der Waals surface area (Å²) in [5, 5.41) is 11.2. The van der Waals surface area contributed by atoms with Gasteiger partial charge in [-0.2, -0.15) is 0 Å². The van der Waals surface area contributed by atoms with E-state index in [9.17, 15) is 19.5 Å². The fraction of sp³-hybridized carbons (Fsp3) is 0.179. The summed E-state index contributed by atoms with van der Waals surface area (Å²) in [5.41, 5.74) is 1.55. The molecule has 1 heterocycles. The van der Waals surface area contributed by atoms with Crippen molar-refractivity contribution in [1.82, 2.24) is 0 Å². The molecule has 0 radical (unpaired) electrons. The molecule has 1 atom stereocenters. The molecule has 1 saturated heterocycles. The summed E-state index contributed by atoms with van der Waals surface area (Å²) in [6.07, 6.45) is 0. The zero-order chi connectivity index (χ0) is 25.8. The second-order valence-electron chi connectivity index (χ2n) is 7.92. The number of hydrogen-bond acceptors (Lipinski definition) is 7. The lowest BCUT2D eigenvalue weighted by Gasteiger charge is -2.26. The molecule has 0 aromatic heterocycles. The molecule has 0 bridgehead atoms. The molecule has 8 nitrogen and oxygen atoms in total. The third kappa shape index (κ3) is 4.40. The largest absolute Gasteiger partial charge is 0.507 e. The van der Waals surface area contributed by atoms with Crippen LogP contribution in [0.25, 0.3) is 5.76 Å². The van der Waals surface area contributed by atoms with Crippen LogP contribution in [0.4, 0.5) is 5.69 Å². The van der Waals surface area contributed by atoms with Gasteiger partial charge < -0.3 is 19.3 Å². The number of anilines is 1. The third-order valence-corrected chi connectivity index (χ3v) is 5.87. The topological polar surface area (TPSA) is 102 Å². The Kier molecular flexibility index (Phi) is 7.05. The van der Waals surface area contributed by atoms with Gasteiger partial charge in [0, 0.05) is 11.3 Å². The minimum Gasteiger partial charge on any atom is -0.507 e. The number of ether oxygens (including phenoxy) is 3. The van der Waals surface area contributed by atoms with Crippen molar-refractivity contribution >= 4 is 29.1 Å². The molecule has 0 saturated carbocycles. The van der Waals surface area contributed by atoms with Crippen LogP contribution < -0.4 is 14.4 Å². The summed E-state index contributed by atoms with van der Waals surface area (Å²) in [6, 6.07) is 18.8. The number of aliphatic hydroxyl groups is 1. The molecule has 1 N–H and O–H groups in total. The molecule has 1 aliphatic heterocycles. The number of amides is 1. The Labute approximate surface area is 208 Å². The van der Waals surface area contributed by atoms with Gasteiger partial charge in [-0.1, -0.05) is 36.4 Å². The summed E-state index contributed by atoms with van der Waals surface area (Å²) in [6.45, 7) is 1.94. The Morgan fingerprint density at radius 2 is 1.56 bits per heavy atom. The average Bonchev–Trinajstić information content (AvgIpc) is 3.18. The number of carbonyl (C=O) groups excluding carboxylic acids is 3. The van der Waals surface area contributed by atoms with E-state index in [0.717, 1.165) is 0 Å². The molecular formula is C28H25NO7. The van der Waals surface area contributed by atoms with Gasteiger partial charge in [0.15, 0.2) is 11.5 Å². The molecule has 1 aliphatic rings. The van der Waals surface area contributed by atoms with Crippen LogP contribution in [0.5, 0.6) is 11.5 Å². The van der Waals surface area contributed by atoms with Gasteiger partial charge >= 0.3 is 5.97 Å². The molecule has 1 amide bonds. The van der Waals surface area contributed by atoms with E-state index in [1.807, 2.05) is 0 Å². The Morgan fingerprint density at radius 1 is 0.889 bits per heavy atom. The smallest absolute Gasteiger partial charge is 0.338 e. The number of rotatable bonds is 7. The Hall–Kier alpha value is -4.59. The number of esters is 1. The van der Waals surface area contributed by atoms with E-state index < -0.39 is 23.7 Å². The van der Waals surface area contributed by atoms with Crippen molar-refractivity contribution in [1.29, 1.82) is 0 Å². The fourth-order valence-electron chi connectivity index (χ4n) is 4.16. The van der Waals surface area contributed by atoms with Crippen LogP contribution in [0.15, 0.2) is 78.4 Å². The van der Waals surface area contributed by atoms with E-state index >= 15 is 0 Å². The highest BCUT2D eigenvalue weighted by Gasteiger charge is 2.47. The van der Waals surface area contributed by atoms with Crippen LogP contribution in [0.1, 0.15) is 34.5 Å². The van der Waals surface area contributed by atoms with Crippen molar-refractivity contribution in [2.45, 2.75) is 13.0 Å². The van der Waals surface area contributed by atoms with Crippen LogP contribution in [-0.4, -0.2) is 43.6 Å². The number of Topliss-reactive ketones (excluding diaryl/α,β-unsaturated/α-hetero) is 1. The minimum atomic E-state index is -0.960.